The Kier molecular flexibility index (Phi) is 8.79. The van der Waals surface area contributed by atoms with Gasteiger partial charge in [-0.1, -0.05) is 71.8 Å². The van der Waals surface area contributed by atoms with Gasteiger partial charge in [-0.3, -0.25) is 10.1 Å². The second kappa shape index (κ2) is 11.8. The highest BCUT2D eigenvalue weighted by molar-refractivity contribution is 9.10. The molecule has 0 fully saturated rings. The summed E-state index contributed by atoms with van der Waals surface area (Å²) in [6.07, 6.45) is 0.703. The van der Waals surface area contributed by atoms with E-state index >= 15 is 0 Å². The molecule has 0 radical (unpaired) electrons. The second-order valence-corrected chi connectivity index (χ2v) is 9.19. The zero-order valence-electron chi connectivity index (χ0n) is 18.6. The van der Waals surface area contributed by atoms with Gasteiger partial charge in [-0.25, -0.2) is 4.79 Å². The second-order valence-electron chi connectivity index (χ2n) is 7.30. The van der Waals surface area contributed by atoms with E-state index in [1.165, 1.54) is 11.3 Å². The molecule has 1 aromatic heterocycles. The lowest BCUT2D eigenvalue weighted by atomic mass is 9.98. The first-order valence-electron chi connectivity index (χ1n) is 10.6. The summed E-state index contributed by atoms with van der Waals surface area (Å²) >= 11 is 4.68. The molecule has 2 aromatic carbocycles. The first kappa shape index (κ1) is 24.7. The largest absolute Gasteiger partial charge is 0.492 e. The molecule has 2 atom stereocenters. The maximum Gasteiger partial charge on any atom is 0.320 e. The molecule has 3 rings (SSSR count). The molecule has 33 heavy (non-hydrogen) atoms. The van der Waals surface area contributed by atoms with Crippen LogP contribution in [0.5, 0.6) is 5.75 Å². The first-order valence-corrected chi connectivity index (χ1v) is 12.2. The molecule has 0 aliphatic rings. The molecule has 0 bridgehead atoms. The average Bonchev–Trinajstić information content (AvgIpc) is 3.27. The summed E-state index contributed by atoms with van der Waals surface area (Å²) in [4.78, 5) is 25.7. The fourth-order valence-corrected chi connectivity index (χ4v) is 4.04. The molecular formula is C23H26BrN5O3S. The van der Waals surface area contributed by atoms with Crippen LogP contribution in [0.25, 0.3) is 10.6 Å². The lowest BCUT2D eigenvalue weighted by molar-refractivity contribution is -0.119. The van der Waals surface area contributed by atoms with Crippen molar-refractivity contribution in [3.05, 3.63) is 53.0 Å². The zero-order chi connectivity index (χ0) is 23.8. The minimum atomic E-state index is -0.755. The Hall–Kier alpha value is -2.98. The van der Waals surface area contributed by atoms with Gasteiger partial charge in [0.2, 0.25) is 11.0 Å². The highest BCUT2D eigenvalue weighted by atomic mass is 79.9. The van der Waals surface area contributed by atoms with Crippen molar-refractivity contribution in [1.82, 2.24) is 15.5 Å². The third-order valence-electron chi connectivity index (χ3n) is 4.96. The van der Waals surface area contributed by atoms with E-state index in [1.807, 2.05) is 51.1 Å². The van der Waals surface area contributed by atoms with E-state index in [9.17, 15) is 9.59 Å². The summed E-state index contributed by atoms with van der Waals surface area (Å²) in [6, 6.07) is 13.6. The van der Waals surface area contributed by atoms with E-state index in [2.05, 4.69) is 42.1 Å². The van der Waals surface area contributed by atoms with Crippen LogP contribution in [-0.2, 0) is 4.79 Å². The summed E-state index contributed by atoms with van der Waals surface area (Å²) in [5.41, 5.74) is 1.43. The van der Waals surface area contributed by atoms with Crippen LogP contribution in [0.4, 0.5) is 15.6 Å². The molecular weight excluding hydrogens is 506 g/mol. The number of nitrogens with zero attached hydrogens (tertiary/aromatic N) is 2. The lowest BCUT2D eigenvalue weighted by Gasteiger charge is -2.23. The minimum Gasteiger partial charge on any atom is -0.492 e. The molecule has 3 aromatic rings. The number of nitrogens with one attached hydrogen (secondary N) is 3. The zero-order valence-corrected chi connectivity index (χ0v) is 21.0. The van der Waals surface area contributed by atoms with Crippen LogP contribution < -0.4 is 20.7 Å². The van der Waals surface area contributed by atoms with E-state index in [4.69, 9.17) is 4.74 Å². The number of halogens is 1. The van der Waals surface area contributed by atoms with Gasteiger partial charge in [0, 0.05) is 10.0 Å². The third-order valence-corrected chi connectivity index (χ3v) is 6.38. The number of carbonyl (C=O) groups is 2. The Labute approximate surface area is 205 Å². The van der Waals surface area contributed by atoms with Crippen molar-refractivity contribution in [2.45, 2.75) is 33.2 Å². The highest BCUT2D eigenvalue weighted by Crippen LogP contribution is 2.28. The number of amides is 3. The third kappa shape index (κ3) is 6.75. The van der Waals surface area contributed by atoms with Crippen molar-refractivity contribution in [2.24, 2.45) is 5.92 Å². The Morgan fingerprint density at radius 1 is 1.06 bits per heavy atom. The van der Waals surface area contributed by atoms with Gasteiger partial charge in [-0.2, -0.15) is 0 Å². The molecule has 8 nitrogen and oxygen atoms in total. The SMILES string of the molecule is CCOc1ccccc1NC(=O)N[C@H](C(=O)Nc1nnc(-c2ccc(Br)cc2)s1)[C@@H](C)CC. The summed E-state index contributed by atoms with van der Waals surface area (Å²) in [7, 11) is 0. The van der Waals surface area contributed by atoms with Gasteiger partial charge in [-0.05, 0) is 37.1 Å². The quantitative estimate of drug-likeness (QED) is 0.336. The van der Waals surface area contributed by atoms with Crippen molar-refractivity contribution < 1.29 is 14.3 Å². The van der Waals surface area contributed by atoms with E-state index in [-0.39, 0.29) is 11.8 Å². The number of urea groups is 1. The van der Waals surface area contributed by atoms with Gasteiger partial charge >= 0.3 is 6.03 Å². The Bertz CT molecular complexity index is 1090. The van der Waals surface area contributed by atoms with Crippen LogP contribution in [0.3, 0.4) is 0 Å². The number of hydrogen-bond donors (Lipinski definition) is 3. The van der Waals surface area contributed by atoms with Crippen molar-refractivity contribution in [2.75, 3.05) is 17.2 Å². The molecule has 174 valence electrons. The fourth-order valence-electron chi connectivity index (χ4n) is 3.02. The van der Waals surface area contributed by atoms with E-state index in [0.717, 1.165) is 10.0 Å². The molecule has 0 unspecified atom stereocenters. The summed E-state index contributed by atoms with van der Waals surface area (Å²) in [5.74, 6) is 0.113. The average molecular weight is 532 g/mol. The predicted octanol–water partition coefficient (Wildman–Crippen LogP) is 5.54. The topological polar surface area (TPSA) is 105 Å². The summed E-state index contributed by atoms with van der Waals surface area (Å²) in [5, 5.41) is 17.6. The van der Waals surface area contributed by atoms with Crippen LogP contribution in [0.15, 0.2) is 53.0 Å². The van der Waals surface area contributed by atoms with E-state index in [0.29, 0.717) is 34.6 Å². The number of benzene rings is 2. The standard InChI is InChI=1S/C23H26BrN5O3S/c1-4-14(3)19(26-22(31)25-17-8-6-7-9-18(17)32-5-2)20(30)27-23-29-28-21(33-23)15-10-12-16(24)13-11-15/h6-14,19H,4-5H2,1-3H3,(H2,25,26,31)(H,27,29,30)/t14-,19-/m0/s1. The number of carbonyl (C=O) groups excluding carboxylic acids is 2. The van der Waals surface area contributed by atoms with Crippen LogP contribution in [0.2, 0.25) is 0 Å². The maximum absolute atomic E-state index is 13.0. The van der Waals surface area contributed by atoms with Gasteiger partial charge < -0.3 is 15.4 Å². The highest BCUT2D eigenvalue weighted by Gasteiger charge is 2.27. The van der Waals surface area contributed by atoms with Crippen molar-refractivity contribution >= 4 is 50.0 Å². The predicted molar refractivity (Wildman–Crippen MR) is 135 cm³/mol. The van der Waals surface area contributed by atoms with Gasteiger partial charge in [0.15, 0.2) is 0 Å². The van der Waals surface area contributed by atoms with E-state index < -0.39 is 12.1 Å². The molecule has 0 aliphatic carbocycles. The number of aromatic nitrogens is 2. The first-order chi connectivity index (χ1) is 15.9. The summed E-state index contributed by atoms with van der Waals surface area (Å²) in [6.45, 7) is 6.22. The number of ether oxygens (including phenoxy) is 1. The smallest absolute Gasteiger partial charge is 0.320 e. The van der Waals surface area contributed by atoms with Gasteiger partial charge in [-0.15, -0.1) is 10.2 Å². The summed E-state index contributed by atoms with van der Waals surface area (Å²) < 4.78 is 6.51. The lowest BCUT2D eigenvalue weighted by Crippen LogP contribution is -2.49. The van der Waals surface area contributed by atoms with Crippen LogP contribution in [0.1, 0.15) is 27.2 Å². The molecule has 0 spiro atoms. The number of anilines is 2. The van der Waals surface area contributed by atoms with Crippen LogP contribution >= 0.6 is 27.3 Å². The number of hydrogen-bond acceptors (Lipinski definition) is 6. The molecule has 0 saturated carbocycles. The van der Waals surface area contributed by atoms with Crippen LogP contribution in [-0.4, -0.2) is 34.8 Å². The van der Waals surface area contributed by atoms with Gasteiger partial charge in [0.25, 0.3) is 0 Å². The molecule has 0 saturated heterocycles. The Morgan fingerprint density at radius 2 is 1.79 bits per heavy atom. The molecule has 0 aliphatic heterocycles. The molecule has 3 amide bonds. The monoisotopic (exact) mass is 531 g/mol. The van der Waals surface area contributed by atoms with Crippen LogP contribution in [0, 0.1) is 5.92 Å². The Morgan fingerprint density at radius 3 is 2.48 bits per heavy atom. The van der Waals surface area contributed by atoms with Crippen molar-refractivity contribution in [3.63, 3.8) is 0 Å². The molecule has 3 N–H and O–H groups in total. The normalized spacial score (nSPS) is 12.5. The fraction of sp³-hybridized carbons (Fsp3) is 0.304. The molecule has 1 heterocycles. The Balaban J connectivity index is 1.68. The molecule has 10 heteroatoms. The van der Waals surface area contributed by atoms with E-state index in [1.54, 1.807) is 18.2 Å². The number of rotatable bonds is 9. The van der Waals surface area contributed by atoms with Crippen molar-refractivity contribution in [3.8, 4) is 16.3 Å². The van der Waals surface area contributed by atoms with Gasteiger partial charge in [0.05, 0.1) is 12.3 Å². The van der Waals surface area contributed by atoms with Gasteiger partial charge in [0.1, 0.15) is 16.8 Å². The van der Waals surface area contributed by atoms with Crippen molar-refractivity contribution in [1.29, 1.82) is 0 Å². The minimum absolute atomic E-state index is 0.100. The maximum atomic E-state index is 13.0. The number of para-hydroxylation sites is 2.